The summed E-state index contributed by atoms with van der Waals surface area (Å²) in [5, 5.41) is 9.39. The van der Waals surface area contributed by atoms with E-state index in [-0.39, 0.29) is 11.8 Å². The Bertz CT molecular complexity index is 553. The van der Waals surface area contributed by atoms with Gasteiger partial charge in [0.25, 0.3) is 0 Å². The standard InChI is InChI=1S/C20H34N4O2/c1-15(2)10-12-26-13-11-22-20(21-5)23-14-17-6-8-18(9-7-17)24-19(25)16(3)4/h6-9,15-16H,10-14H2,1-5H3,(H,24,25)(H2,21,22,23). The summed E-state index contributed by atoms with van der Waals surface area (Å²) in [6.45, 7) is 11.0. The van der Waals surface area contributed by atoms with Gasteiger partial charge in [-0.05, 0) is 30.0 Å². The Morgan fingerprint density at radius 1 is 1.08 bits per heavy atom. The molecule has 3 N–H and O–H groups in total. The van der Waals surface area contributed by atoms with Gasteiger partial charge in [-0.15, -0.1) is 0 Å². The molecule has 0 fully saturated rings. The van der Waals surface area contributed by atoms with Crippen LogP contribution in [0.25, 0.3) is 0 Å². The summed E-state index contributed by atoms with van der Waals surface area (Å²) >= 11 is 0. The van der Waals surface area contributed by atoms with Crippen molar-refractivity contribution in [1.29, 1.82) is 0 Å². The lowest BCUT2D eigenvalue weighted by Crippen LogP contribution is -2.38. The van der Waals surface area contributed by atoms with Gasteiger partial charge in [0, 0.05) is 38.3 Å². The lowest BCUT2D eigenvalue weighted by atomic mass is 10.1. The first-order valence-corrected chi connectivity index (χ1v) is 9.34. The van der Waals surface area contributed by atoms with E-state index in [4.69, 9.17) is 4.74 Å². The molecular formula is C20H34N4O2. The highest BCUT2D eigenvalue weighted by Crippen LogP contribution is 2.10. The number of hydrogen-bond acceptors (Lipinski definition) is 3. The highest BCUT2D eigenvalue weighted by molar-refractivity contribution is 5.92. The largest absolute Gasteiger partial charge is 0.380 e. The van der Waals surface area contributed by atoms with Crippen molar-refractivity contribution < 1.29 is 9.53 Å². The zero-order chi connectivity index (χ0) is 19.4. The highest BCUT2D eigenvalue weighted by Gasteiger charge is 2.06. The maximum absolute atomic E-state index is 11.7. The van der Waals surface area contributed by atoms with Crippen molar-refractivity contribution in [2.75, 3.05) is 32.1 Å². The Hall–Kier alpha value is -2.08. The number of nitrogens with zero attached hydrogens (tertiary/aromatic N) is 1. The van der Waals surface area contributed by atoms with E-state index in [2.05, 4.69) is 34.8 Å². The van der Waals surface area contributed by atoms with E-state index in [1.165, 1.54) is 0 Å². The predicted molar refractivity (Wildman–Crippen MR) is 108 cm³/mol. The lowest BCUT2D eigenvalue weighted by molar-refractivity contribution is -0.118. The monoisotopic (exact) mass is 362 g/mol. The summed E-state index contributed by atoms with van der Waals surface area (Å²) < 4.78 is 5.58. The van der Waals surface area contributed by atoms with Gasteiger partial charge in [0.05, 0.1) is 6.61 Å². The Morgan fingerprint density at radius 2 is 1.77 bits per heavy atom. The van der Waals surface area contributed by atoms with E-state index in [9.17, 15) is 4.79 Å². The minimum Gasteiger partial charge on any atom is -0.380 e. The van der Waals surface area contributed by atoms with Crippen LogP contribution in [-0.4, -0.2) is 38.7 Å². The Kier molecular flexibility index (Phi) is 10.4. The number of carbonyl (C=O) groups is 1. The number of hydrogen-bond donors (Lipinski definition) is 3. The summed E-state index contributed by atoms with van der Waals surface area (Å²) in [5.74, 6) is 1.41. The molecule has 0 aliphatic rings. The van der Waals surface area contributed by atoms with Crippen molar-refractivity contribution in [3.63, 3.8) is 0 Å². The summed E-state index contributed by atoms with van der Waals surface area (Å²) in [4.78, 5) is 15.9. The number of ether oxygens (including phenoxy) is 1. The van der Waals surface area contributed by atoms with Crippen LogP contribution in [0.5, 0.6) is 0 Å². The molecule has 0 bridgehead atoms. The van der Waals surface area contributed by atoms with Crippen molar-refractivity contribution in [2.45, 2.75) is 40.7 Å². The third-order valence-corrected chi connectivity index (χ3v) is 3.81. The number of carbonyl (C=O) groups excluding carboxylic acids is 1. The second-order valence-corrected chi connectivity index (χ2v) is 6.99. The Morgan fingerprint density at radius 3 is 2.35 bits per heavy atom. The highest BCUT2D eigenvalue weighted by atomic mass is 16.5. The Labute approximate surface area is 157 Å². The molecule has 0 spiro atoms. The molecule has 0 unspecified atom stereocenters. The quantitative estimate of drug-likeness (QED) is 0.340. The minimum atomic E-state index is -0.0277. The molecule has 6 heteroatoms. The summed E-state index contributed by atoms with van der Waals surface area (Å²) in [7, 11) is 1.75. The summed E-state index contributed by atoms with van der Waals surface area (Å²) in [6, 6.07) is 7.81. The smallest absolute Gasteiger partial charge is 0.226 e. The lowest BCUT2D eigenvalue weighted by Gasteiger charge is -2.13. The van der Waals surface area contributed by atoms with Gasteiger partial charge in [0.2, 0.25) is 5.91 Å². The summed E-state index contributed by atoms with van der Waals surface area (Å²) in [5.41, 5.74) is 1.93. The second kappa shape index (κ2) is 12.3. The fourth-order valence-electron chi connectivity index (χ4n) is 2.06. The maximum Gasteiger partial charge on any atom is 0.226 e. The molecule has 0 heterocycles. The number of nitrogens with one attached hydrogen (secondary N) is 3. The average molecular weight is 363 g/mol. The fourth-order valence-corrected chi connectivity index (χ4v) is 2.06. The van der Waals surface area contributed by atoms with Crippen LogP contribution in [0.2, 0.25) is 0 Å². The normalized spacial score (nSPS) is 11.7. The molecule has 1 aromatic rings. The third kappa shape index (κ3) is 9.42. The van der Waals surface area contributed by atoms with E-state index in [1.54, 1.807) is 7.05 Å². The van der Waals surface area contributed by atoms with E-state index >= 15 is 0 Å². The van der Waals surface area contributed by atoms with E-state index < -0.39 is 0 Å². The van der Waals surface area contributed by atoms with E-state index in [1.807, 2.05) is 38.1 Å². The molecule has 0 saturated carbocycles. The first kappa shape index (κ1) is 22.0. The number of rotatable bonds is 10. The fraction of sp³-hybridized carbons (Fsp3) is 0.600. The molecule has 0 aliphatic carbocycles. The molecule has 6 nitrogen and oxygen atoms in total. The molecule has 1 aromatic carbocycles. The van der Waals surface area contributed by atoms with Crippen LogP contribution in [0, 0.1) is 11.8 Å². The van der Waals surface area contributed by atoms with Crippen molar-refractivity contribution in [3.05, 3.63) is 29.8 Å². The number of guanidine groups is 1. The molecule has 0 aliphatic heterocycles. The van der Waals surface area contributed by atoms with Crippen molar-refractivity contribution in [1.82, 2.24) is 10.6 Å². The van der Waals surface area contributed by atoms with Crippen molar-refractivity contribution >= 4 is 17.6 Å². The zero-order valence-corrected chi connectivity index (χ0v) is 16.8. The van der Waals surface area contributed by atoms with Gasteiger partial charge in [0.15, 0.2) is 5.96 Å². The first-order chi connectivity index (χ1) is 12.4. The first-order valence-electron chi connectivity index (χ1n) is 9.34. The Balaban J connectivity index is 2.29. The molecule has 146 valence electrons. The minimum absolute atomic E-state index is 0.0242. The predicted octanol–water partition coefficient (Wildman–Crippen LogP) is 3.01. The van der Waals surface area contributed by atoms with Gasteiger partial charge in [-0.3, -0.25) is 9.79 Å². The van der Waals surface area contributed by atoms with Gasteiger partial charge >= 0.3 is 0 Å². The SMILES string of the molecule is CN=C(NCCOCCC(C)C)NCc1ccc(NC(=O)C(C)C)cc1. The molecule has 1 rings (SSSR count). The van der Waals surface area contributed by atoms with Crippen LogP contribution in [0.15, 0.2) is 29.3 Å². The molecule has 0 aromatic heterocycles. The van der Waals surface area contributed by atoms with Crippen molar-refractivity contribution in [3.8, 4) is 0 Å². The molecule has 1 amide bonds. The number of benzene rings is 1. The van der Waals surface area contributed by atoms with E-state index in [0.717, 1.165) is 36.8 Å². The molecule has 0 saturated heterocycles. The molecule has 26 heavy (non-hydrogen) atoms. The van der Waals surface area contributed by atoms with Crippen LogP contribution in [0.1, 0.15) is 39.7 Å². The van der Waals surface area contributed by atoms with Gasteiger partial charge in [-0.2, -0.15) is 0 Å². The second-order valence-electron chi connectivity index (χ2n) is 6.99. The summed E-state index contributed by atoms with van der Waals surface area (Å²) in [6.07, 6.45) is 1.08. The average Bonchev–Trinajstić information content (AvgIpc) is 2.61. The topological polar surface area (TPSA) is 74.8 Å². The van der Waals surface area contributed by atoms with Crippen LogP contribution in [0.3, 0.4) is 0 Å². The van der Waals surface area contributed by atoms with Crippen LogP contribution >= 0.6 is 0 Å². The van der Waals surface area contributed by atoms with Crippen LogP contribution < -0.4 is 16.0 Å². The van der Waals surface area contributed by atoms with E-state index in [0.29, 0.717) is 19.1 Å². The number of aliphatic imine (C=N–C) groups is 1. The van der Waals surface area contributed by atoms with Gasteiger partial charge in [-0.25, -0.2) is 0 Å². The third-order valence-electron chi connectivity index (χ3n) is 3.81. The molecular weight excluding hydrogens is 328 g/mol. The van der Waals surface area contributed by atoms with Gasteiger partial charge < -0.3 is 20.7 Å². The maximum atomic E-state index is 11.7. The zero-order valence-electron chi connectivity index (χ0n) is 16.8. The van der Waals surface area contributed by atoms with Crippen molar-refractivity contribution in [2.24, 2.45) is 16.8 Å². The van der Waals surface area contributed by atoms with Crippen LogP contribution in [-0.2, 0) is 16.1 Å². The van der Waals surface area contributed by atoms with Gasteiger partial charge in [0.1, 0.15) is 0 Å². The number of amides is 1. The molecule has 0 atom stereocenters. The van der Waals surface area contributed by atoms with Crippen LogP contribution in [0.4, 0.5) is 5.69 Å². The molecule has 0 radical (unpaired) electrons. The van der Waals surface area contributed by atoms with Gasteiger partial charge in [-0.1, -0.05) is 39.8 Å². The number of anilines is 1.